The van der Waals surface area contributed by atoms with Crippen molar-refractivity contribution in [1.29, 1.82) is 0 Å². The summed E-state index contributed by atoms with van der Waals surface area (Å²) < 4.78 is 52.7. The van der Waals surface area contributed by atoms with Gasteiger partial charge in [0.05, 0.1) is 30.6 Å². The summed E-state index contributed by atoms with van der Waals surface area (Å²) in [6.45, 7) is 3.04. The van der Waals surface area contributed by atoms with Gasteiger partial charge in [0.15, 0.2) is 0 Å². The second-order valence-electron chi connectivity index (χ2n) is 11.7. The Morgan fingerprint density at radius 1 is 1.11 bits per heavy atom. The second-order valence-corrected chi connectivity index (χ2v) is 15.3. The fourth-order valence-electron chi connectivity index (χ4n) is 6.01. The van der Waals surface area contributed by atoms with Crippen LogP contribution in [-0.4, -0.2) is 89.1 Å². The van der Waals surface area contributed by atoms with Gasteiger partial charge in [0, 0.05) is 49.1 Å². The van der Waals surface area contributed by atoms with E-state index in [0.717, 1.165) is 36.6 Å². The number of rotatable bonds is 13. The number of ether oxygens (including phenoxy) is 1. The van der Waals surface area contributed by atoms with Gasteiger partial charge in [-0.15, -0.1) is 0 Å². The summed E-state index contributed by atoms with van der Waals surface area (Å²) in [5.74, 6) is 2.09. The highest BCUT2D eigenvalue weighted by Crippen LogP contribution is 2.46. The lowest BCUT2D eigenvalue weighted by molar-refractivity contribution is -0.138. The van der Waals surface area contributed by atoms with E-state index in [1.165, 1.54) is 6.26 Å². The van der Waals surface area contributed by atoms with Crippen molar-refractivity contribution in [2.45, 2.75) is 64.0 Å². The average Bonchev–Trinajstić information content (AvgIpc) is 3.44. The number of hydrogen-bond acceptors (Lipinski definition) is 10. The van der Waals surface area contributed by atoms with Gasteiger partial charge in [-0.3, -0.25) is 13.8 Å². The molecular weight excluding hydrogens is 621 g/mol. The molecule has 246 valence electrons. The van der Waals surface area contributed by atoms with Crippen LogP contribution in [0.3, 0.4) is 0 Å². The number of amides is 1. The van der Waals surface area contributed by atoms with E-state index < -0.39 is 23.8 Å². The molecule has 2 fully saturated rings. The molecule has 1 amide bonds. The maximum atomic E-state index is 13.2. The minimum absolute atomic E-state index is 0.0471. The van der Waals surface area contributed by atoms with Crippen LogP contribution in [0.5, 0.6) is 5.75 Å². The number of hydrogen-bond donors (Lipinski definition) is 2. The molecule has 2 N–H and O–H groups in total. The summed E-state index contributed by atoms with van der Waals surface area (Å²) >= 11 is 0. The fourth-order valence-corrected chi connectivity index (χ4v) is 7.63. The zero-order valence-electron chi connectivity index (χ0n) is 25.7. The molecule has 15 heteroatoms. The number of nitrogens with zero attached hydrogens (tertiary/aromatic N) is 4. The van der Waals surface area contributed by atoms with Crippen molar-refractivity contribution >= 4 is 40.4 Å². The smallest absolute Gasteiger partial charge is 0.472 e. The summed E-state index contributed by atoms with van der Waals surface area (Å²) in [6, 6.07) is 9.69. The molecule has 1 aliphatic heterocycles. The van der Waals surface area contributed by atoms with E-state index in [9.17, 15) is 22.7 Å². The number of carbonyl (C=O) groups is 1. The Labute approximate surface area is 263 Å². The van der Waals surface area contributed by atoms with Crippen molar-refractivity contribution in [3.8, 4) is 11.6 Å². The van der Waals surface area contributed by atoms with E-state index in [1.54, 1.807) is 13.1 Å². The number of likely N-dealkylation sites (tertiary alicyclic amines) is 1. The number of aromatic nitrogens is 3. The lowest BCUT2D eigenvalue weighted by Gasteiger charge is -2.36. The van der Waals surface area contributed by atoms with Crippen LogP contribution in [0.1, 0.15) is 51.9 Å². The molecule has 0 bridgehead atoms. The maximum absolute atomic E-state index is 13.2. The highest BCUT2D eigenvalue weighted by molar-refractivity contribution is 7.90. The molecule has 1 aromatic carbocycles. The van der Waals surface area contributed by atoms with Gasteiger partial charge in [-0.2, -0.15) is 4.98 Å². The Morgan fingerprint density at radius 3 is 2.58 bits per heavy atom. The van der Waals surface area contributed by atoms with Gasteiger partial charge in [-0.05, 0) is 76.1 Å². The summed E-state index contributed by atoms with van der Waals surface area (Å²) in [7, 11) is -7.08. The first kappa shape index (κ1) is 33.3. The first-order valence-electron chi connectivity index (χ1n) is 15.5. The molecule has 0 spiro atoms. The molecule has 1 atom stereocenters. The van der Waals surface area contributed by atoms with Gasteiger partial charge >= 0.3 is 7.82 Å². The maximum Gasteiger partial charge on any atom is 0.472 e. The monoisotopic (exact) mass is 663 g/mol. The number of piperidine rings is 1. The summed E-state index contributed by atoms with van der Waals surface area (Å²) in [6.07, 6.45) is 9.06. The minimum Gasteiger partial charge on any atom is -0.493 e. The molecule has 3 aromatic rings. The highest BCUT2D eigenvalue weighted by Gasteiger charge is 2.34. The zero-order valence-corrected chi connectivity index (χ0v) is 27.4. The number of fused-ring (bicyclic) bond motifs is 1. The Kier molecular flexibility index (Phi) is 10.8. The summed E-state index contributed by atoms with van der Waals surface area (Å²) in [5, 5.41) is 4.36. The predicted molar refractivity (Wildman–Crippen MR) is 170 cm³/mol. The van der Waals surface area contributed by atoms with Crippen LogP contribution in [-0.2, 0) is 28.2 Å². The van der Waals surface area contributed by atoms with Crippen molar-refractivity contribution in [3.05, 3.63) is 42.7 Å². The summed E-state index contributed by atoms with van der Waals surface area (Å²) in [5.41, 5.74) is 0.912. The molecular formula is C30H42N5O8PS. The van der Waals surface area contributed by atoms with E-state index in [0.29, 0.717) is 56.5 Å². The number of nitrogens with one attached hydrogen (secondary N) is 1. The van der Waals surface area contributed by atoms with Gasteiger partial charge in [-0.1, -0.05) is 6.07 Å². The third kappa shape index (κ3) is 9.04. The largest absolute Gasteiger partial charge is 0.493 e. The normalized spacial score (nSPS) is 21.0. The number of anilines is 1. The van der Waals surface area contributed by atoms with Gasteiger partial charge in [0.2, 0.25) is 11.9 Å². The van der Waals surface area contributed by atoms with Crippen molar-refractivity contribution in [1.82, 2.24) is 19.4 Å². The van der Waals surface area contributed by atoms with Crippen molar-refractivity contribution in [2.75, 3.05) is 43.6 Å². The van der Waals surface area contributed by atoms with Crippen LogP contribution in [0.25, 0.3) is 16.7 Å². The Morgan fingerprint density at radius 2 is 1.87 bits per heavy atom. The number of phosphoric ester groups is 1. The number of sulfone groups is 1. The van der Waals surface area contributed by atoms with E-state index >= 15 is 0 Å². The van der Waals surface area contributed by atoms with Gasteiger partial charge in [-0.25, -0.2) is 18.0 Å². The highest BCUT2D eigenvalue weighted by atomic mass is 32.2. The van der Waals surface area contributed by atoms with Gasteiger partial charge in [0.25, 0.3) is 0 Å². The van der Waals surface area contributed by atoms with Crippen LogP contribution in [0.2, 0.25) is 0 Å². The fraction of sp³-hybridized carbons (Fsp3) is 0.567. The topological polar surface area (TPSA) is 162 Å². The van der Waals surface area contributed by atoms with Crippen LogP contribution >= 0.6 is 7.82 Å². The van der Waals surface area contributed by atoms with E-state index in [1.807, 2.05) is 46.0 Å². The van der Waals surface area contributed by atoms with Gasteiger partial charge < -0.3 is 24.4 Å². The van der Waals surface area contributed by atoms with Gasteiger partial charge in [0.1, 0.15) is 21.4 Å². The van der Waals surface area contributed by atoms with Crippen molar-refractivity contribution in [3.63, 3.8) is 0 Å². The average molecular weight is 664 g/mol. The molecule has 3 heterocycles. The first-order chi connectivity index (χ1) is 21.5. The van der Waals surface area contributed by atoms with E-state index in [2.05, 4.69) is 10.3 Å². The SMILES string of the molecule is CCOP(=O)(O)OC1CCN(C(=O)C2CCC(Nc3nccc(-n4ccc5c(OCCCS(C)(=O)=O)cccc54)n3)CC2)CC1. The van der Waals surface area contributed by atoms with Crippen LogP contribution in [0.4, 0.5) is 5.95 Å². The molecule has 0 radical (unpaired) electrons. The quantitative estimate of drug-likeness (QED) is 0.198. The third-order valence-electron chi connectivity index (χ3n) is 8.24. The zero-order chi connectivity index (χ0) is 32.0. The minimum atomic E-state index is -4.05. The molecule has 13 nitrogen and oxygen atoms in total. The second kappa shape index (κ2) is 14.6. The molecule has 1 aliphatic carbocycles. The van der Waals surface area contributed by atoms with Crippen LogP contribution in [0.15, 0.2) is 42.7 Å². The molecule has 2 aliphatic rings. The van der Waals surface area contributed by atoms with Crippen LogP contribution < -0.4 is 10.1 Å². The Balaban J connectivity index is 1.13. The number of phosphoric acid groups is 1. The lowest BCUT2D eigenvalue weighted by Crippen LogP contribution is -2.44. The predicted octanol–water partition coefficient (Wildman–Crippen LogP) is 4.35. The molecule has 1 unspecified atom stereocenters. The Bertz CT molecular complexity index is 1620. The van der Waals surface area contributed by atoms with E-state index in [4.69, 9.17) is 18.8 Å². The number of benzene rings is 1. The van der Waals surface area contributed by atoms with Crippen LogP contribution in [0, 0.1) is 5.92 Å². The molecule has 1 saturated heterocycles. The molecule has 45 heavy (non-hydrogen) atoms. The molecule has 2 aromatic heterocycles. The van der Waals surface area contributed by atoms with Crippen molar-refractivity contribution in [2.24, 2.45) is 5.92 Å². The molecule has 5 rings (SSSR count). The Hall–Kier alpha value is -3.03. The third-order valence-corrected chi connectivity index (χ3v) is 10.4. The van der Waals surface area contributed by atoms with E-state index in [-0.39, 0.29) is 30.2 Å². The van der Waals surface area contributed by atoms with Crippen molar-refractivity contribution < 1.29 is 36.5 Å². The molecule has 1 saturated carbocycles. The standard InChI is InChI=1S/C30H42N5O8PS/c1-3-42-44(37,38)43-24-13-17-34(18-14-24)29(36)22-8-10-23(11-9-22)32-30-31-16-12-28(33-30)35-19-15-25-26(35)6-4-7-27(25)41-20-5-21-45(2,39)40/h4,6-7,12,15-16,19,22-24H,3,5,8-11,13-14,17-18,20-21H2,1-2H3,(H,37,38)(H,31,32,33). The first-order valence-corrected chi connectivity index (χ1v) is 19.0. The lowest BCUT2D eigenvalue weighted by atomic mass is 9.85. The summed E-state index contributed by atoms with van der Waals surface area (Å²) in [4.78, 5) is 34.0. The number of carbonyl (C=O) groups excluding carboxylic acids is 1.